The Kier molecular flexibility index (Phi) is 16.7. The van der Waals surface area contributed by atoms with E-state index in [2.05, 4.69) is 13.0 Å². The monoisotopic (exact) mass is 306 g/mol. The Hall–Kier alpha value is -1.31. The van der Waals surface area contributed by atoms with Crippen LogP contribution >= 0.6 is 0 Å². The molecule has 0 atom stereocenters. The number of carbonyl (C=O) groups is 1. The van der Waals surface area contributed by atoms with Gasteiger partial charge < -0.3 is 5.11 Å². The summed E-state index contributed by atoms with van der Waals surface area (Å²) in [6.45, 7) is 2.27. The molecule has 126 valence electrons. The predicted octanol–water partition coefficient (Wildman–Crippen LogP) is 6.44. The smallest absolute Gasteiger partial charge is 0.328 e. The van der Waals surface area contributed by atoms with Crippen LogP contribution in [0.4, 0.5) is 0 Å². The summed E-state index contributed by atoms with van der Waals surface area (Å²) >= 11 is 0. The van der Waals surface area contributed by atoms with Crippen molar-refractivity contribution in [3.63, 3.8) is 0 Å². The largest absolute Gasteiger partial charge is 0.478 e. The lowest BCUT2D eigenvalue weighted by molar-refractivity contribution is -0.131. The van der Waals surface area contributed by atoms with Crippen molar-refractivity contribution in [2.75, 3.05) is 0 Å². The molecular weight excluding hydrogens is 272 g/mol. The first kappa shape index (κ1) is 20.7. The molecule has 0 fully saturated rings. The van der Waals surface area contributed by atoms with Crippen molar-refractivity contribution in [3.8, 4) is 0 Å². The van der Waals surface area contributed by atoms with Gasteiger partial charge in [0.15, 0.2) is 0 Å². The summed E-state index contributed by atoms with van der Waals surface area (Å²) < 4.78 is 0. The molecule has 0 heterocycles. The third kappa shape index (κ3) is 18.7. The highest BCUT2D eigenvalue weighted by Gasteiger charge is 1.92. The fraction of sp³-hybridized carbons (Fsp3) is 0.650. The van der Waals surface area contributed by atoms with Gasteiger partial charge in [0.1, 0.15) is 0 Å². The van der Waals surface area contributed by atoms with E-state index in [0.717, 1.165) is 12.5 Å². The number of hydrogen-bond acceptors (Lipinski definition) is 1. The van der Waals surface area contributed by atoms with Crippen LogP contribution in [0.15, 0.2) is 36.5 Å². The zero-order chi connectivity index (χ0) is 16.3. The highest BCUT2D eigenvalue weighted by atomic mass is 16.4. The molecule has 0 saturated carbocycles. The first-order valence-electron chi connectivity index (χ1n) is 9.00. The van der Waals surface area contributed by atoms with Gasteiger partial charge in [0.2, 0.25) is 0 Å². The number of hydrogen-bond donors (Lipinski definition) is 1. The van der Waals surface area contributed by atoms with E-state index in [1.165, 1.54) is 76.7 Å². The van der Waals surface area contributed by atoms with E-state index in [1.54, 1.807) is 6.08 Å². The Morgan fingerprint density at radius 3 is 1.77 bits per heavy atom. The topological polar surface area (TPSA) is 37.3 Å². The SMILES string of the molecule is CCCCCCCCCCCCC/C=C\C=C/C=CC(=O)O. The zero-order valence-electron chi connectivity index (χ0n) is 14.3. The normalized spacial score (nSPS) is 12.0. The second-order valence-electron chi connectivity index (χ2n) is 5.83. The maximum Gasteiger partial charge on any atom is 0.328 e. The Labute approximate surface area is 137 Å². The van der Waals surface area contributed by atoms with E-state index in [9.17, 15) is 4.79 Å². The first-order valence-corrected chi connectivity index (χ1v) is 9.00. The van der Waals surface area contributed by atoms with Crippen molar-refractivity contribution in [1.29, 1.82) is 0 Å². The summed E-state index contributed by atoms with van der Waals surface area (Å²) in [5.41, 5.74) is 0. The van der Waals surface area contributed by atoms with Crippen LogP contribution in [-0.2, 0) is 4.79 Å². The minimum atomic E-state index is -0.908. The van der Waals surface area contributed by atoms with Crippen LogP contribution in [0, 0.1) is 0 Å². The third-order valence-electron chi connectivity index (χ3n) is 3.68. The van der Waals surface area contributed by atoms with E-state index in [-0.39, 0.29) is 0 Å². The maximum absolute atomic E-state index is 10.2. The molecule has 0 radical (unpaired) electrons. The summed E-state index contributed by atoms with van der Waals surface area (Å²) in [5.74, 6) is -0.908. The Morgan fingerprint density at radius 2 is 1.23 bits per heavy atom. The molecule has 0 aromatic carbocycles. The van der Waals surface area contributed by atoms with Gasteiger partial charge in [-0.15, -0.1) is 0 Å². The third-order valence-corrected chi connectivity index (χ3v) is 3.68. The summed E-state index contributed by atoms with van der Waals surface area (Å²) in [7, 11) is 0. The molecule has 0 aliphatic heterocycles. The number of rotatable bonds is 15. The summed E-state index contributed by atoms with van der Waals surface area (Å²) in [5, 5.41) is 8.40. The molecule has 0 aliphatic rings. The Morgan fingerprint density at radius 1 is 0.727 bits per heavy atom. The highest BCUT2D eigenvalue weighted by Crippen LogP contribution is 2.11. The molecular formula is C20H34O2. The van der Waals surface area contributed by atoms with Crippen molar-refractivity contribution in [3.05, 3.63) is 36.5 Å². The number of unbranched alkanes of at least 4 members (excludes halogenated alkanes) is 11. The van der Waals surface area contributed by atoms with E-state index >= 15 is 0 Å². The zero-order valence-corrected chi connectivity index (χ0v) is 14.3. The number of carboxylic acid groups (broad SMARTS) is 1. The molecule has 2 nitrogen and oxygen atoms in total. The van der Waals surface area contributed by atoms with Crippen LogP contribution in [0.3, 0.4) is 0 Å². The van der Waals surface area contributed by atoms with Crippen molar-refractivity contribution in [2.24, 2.45) is 0 Å². The lowest BCUT2D eigenvalue weighted by Gasteiger charge is -2.01. The molecule has 1 N–H and O–H groups in total. The molecule has 0 unspecified atom stereocenters. The second kappa shape index (κ2) is 17.7. The van der Waals surface area contributed by atoms with Crippen LogP contribution in [0.5, 0.6) is 0 Å². The van der Waals surface area contributed by atoms with Gasteiger partial charge in [0.05, 0.1) is 0 Å². The van der Waals surface area contributed by atoms with Crippen LogP contribution < -0.4 is 0 Å². The number of carboxylic acids is 1. The fourth-order valence-corrected chi connectivity index (χ4v) is 2.37. The standard InChI is InChI=1S/C20H34O2/c1-2-3-4-5-6-7-8-9-10-11-12-13-14-15-16-17-18-19-20(21)22/h14-19H,2-13H2,1H3,(H,21,22)/b15-14-,17-16-,19-18?. The molecule has 0 aliphatic carbocycles. The minimum Gasteiger partial charge on any atom is -0.478 e. The lowest BCUT2D eigenvalue weighted by Crippen LogP contribution is -1.84. The van der Waals surface area contributed by atoms with E-state index in [1.807, 2.05) is 12.2 Å². The van der Waals surface area contributed by atoms with Gasteiger partial charge in [-0.1, -0.05) is 102 Å². The summed E-state index contributed by atoms with van der Waals surface area (Å²) in [6, 6.07) is 0. The van der Waals surface area contributed by atoms with E-state index in [0.29, 0.717) is 0 Å². The van der Waals surface area contributed by atoms with Crippen molar-refractivity contribution in [2.45, 2.75) is 84.0 Å². The Bertz CT molecular complexity index is 327. The average molecular weight is 306 g/mol. The number of aliphatic carboxylic acids is 1. The minimum absolute atomic E-state index is 0.908. The van der Waals surface area contributed by atoms with E-state index in [4.69, 9.17) is 5.11 Å². The molecule has 0 rings (SSSR count). The number of allylic oxidation sites excluding steroid dienone is 5. The molecule has 0 aromatic rings. The van der Waals surface area contributed by atoms with Crippen molar-refractivity contribution >= 4 is 5.97 Å². The molecule has 0 bridgehead atoms. The summed E-state index contributed by atoms with van der Waals surface area (Å²) in [6.07, 6.45) is 26.7. The van der Waals surface area contributed by atoms with Crippen LogP contribution in [0.25, 0.3) is 0 Å². The molecule has 2 heteroatoms. The van der Waals surface area contributed by atoms with Crippen molar-refractivity contribution < 1.29 is 9.90 Å². The van der Waals surface area contributed by atoms with Crippen LogP contribution in [0.2, 0.25) is 0 Å². The highest BCUT2D eigenvalue weighted by molar-refractivity contribution is 5.80. The Balaban J connectivity index is 3.21. The van der Waals surface area contributed by atoms with Gasteiger partial charge in [-0.2, -0.15) is 0 Å². The van der Waals surface area contributed by atoms with Gasteiger partial charge >= 0.3 is 5.97 Å². The van der Waals surface area contributed by atoms with Crippen molar-refractivity contribution in [1.82, 2.24) is 0 Å². The van der Waals surface area contributed by atoms with Crippen LogP contribution in [-0.4, -0.2) is 11.1 Å². The second-order valence-corrected chi connectivity index (χ2v) is 5.83. The van der Waals surface area contributed by atoms with Gasteiger partial charge in [-0.3, -0.25) is 0 Å². The fourth-order valence-electron chi connectivity index (χ4n) is 2.37. The molecule has 0 spiro atoms. The average Bonchev–Trinajstić information content (AvgIpc) is 2.50. The first-order chi connectivity index (χ1) is 10.8. The molecule has 0 saturated heterocycles. The van der Waals surface area contributed by atoms with Gasteiger partial charge in [-0.05, 0) is 12.8 Å². The quantitative estimate of drug-likeness (QED) is 0.215. The molecule has 0 amide bonds. The maximum atomic E-state index is 10.2. The molecule has 0 aromatic heterocycles. The van der Waals surface area contributed by atoms with Crippen LogP contribution in [0.1, 0.15) is 84.0 Å². The summed E-state index contributed by atoms with van der Waals surface area (Å²) in [4.78, 5) is 10.2. The van der Waals surface area contributed by atoms with Gasteiger partial charge in [0.25, 0.3) is 0 Å². The van der Waals surface area contributed by atoms with Gasteiger partial charge in [-0.25, -0.2) is 4.79 Å². The molecule has 22 heavy (non-hydrogen) atoms. The lowest BCUT2D eigenvalue weighted by atomic mass is 10.1. The van der Waals surface area contributed by atoms with E-state index < -0.39 is 5.97 Å². The predicted molar refractivity (Wildman–Crippen MR) is 96.1 cm³/mol. The van der Waals surface area contributed by atoms with Gasteiger partial charge in [0, 0.05) is 6.08 Å².